The van der Waals surface area contributed by atoms with E-state index in [0.29, 0.717) is 32.2 Å². The van der Waals surface area contributed by atoms with Crippen LogP contribution in [0.5, 0.6) is 0 Å². The van der Waals surface area contributed by atoms with Crippen LogP contribution in [0.4, 0.5) is 0 Å². The lowest BCUT2D eigenvalue weighted by Gasteiger charge is -2.18. The van der Waals surface area contributed by atoms with Crippen molar-refractivity contribution < 1.29 is 24.2 Å². The summed E-state index contributed by atoms with van der Waals surface area (Å²) in [7, 11) is 0. The molecule has 0 aromatic heterocycles. The van der Waals surface area contributed by atoms with Crippen LogP contribution in [0.15, 0.2) is 36.5 Å². The minimum absolute atomic E-state index is 0.00305. The standard InChI is InChI=1S/C40H72N2O5/c1-3-5-7-9-11-13-14-15-16-17-19-24-28-34-39(44)47-36(30-25-21-18-12-10-8-6-4-2)31-26-22-20-23-27-33-38(43)42-37(40(45)46)32-29-35-41/h5,7,11,13,15-16,36-37H,3-4,6,8-10,12,14,17-35,41H2,1-2H3,(H,42,43)(H,45,46)/b7-5-,13-11-,16-15-. The number of rotatable bonds is 34. The average Bonchev–Trinajstić information content (AvgIpc) is 3.05. The van der Waals surface area contributed by atoms with Crippen LogP contribution >= 0.6 is 0 Å². The van der Waals surface area contributed by atoms with Crippen LogP contribution in [0.25, 0.3) is 0 Å². The predicted octanol–water partition coefficient (Wildman–Crippen LogP) is 10.3. The molecule has 0 fully saturated rings. The highest BCUT2D eigenvalue weighted by atomic mass is 16.5. The Bertz CT molecular complexity index is 838. The molecule has 0 saturated carbocycles. The van der Waals surface area contributed by atoms with E-state index in [2.05, 4.69) is 55.6 Å². The second-order valence-corrected chi connectivity index (χ2v) is 13.0. The smallest absolute Gasteiger partial charge is 0.326 e. The lowest BCUT2D eigenvalue weighted by atomic mass is 10.0. The van der Waals surface area contributed by atoms with E-state index < -0.39 is 12.0 Å². The van der Waals surface area contributed by atoms with Gasteiger partial charge in [-0.2, -0.15) is 0 Å². The molecule has 0 heterocycles. The molecule has 0 aliphatic rings. The third kappa shape index (κ3) is 31.9. The second-order valence-electron chi connectivity index (χ2n) is 13.0. The summed E-state index contributed by atoms with van der Waals surface area (Å²) in [4.78, 5) is 36.2. The topological polar surface area (TPSA) is 119 Å². The Kier molecular flexibility index (Phi) is 33.1. The number of hydrogen-bond acceptors (Lipinski definition) is 5. The highest BCUT2D eigenvalue weighted by Gasteiger charge is 2.19. The van der Waals surface area contributed by atoms with Gasteiger partial charge in [-0.3, -0.25) is 9.59 Å². The first-order valence-electron chi connectivity index (χ1n) is 19.3. The van der Waals surface area contributed by atoms with Gasteiger partial charge in [0, 0.05) is 12.8 Å². The summed E-state index contributed by atoms with van der Waals surface area (Å²) in [6.07, 6.45) is 39.0. The largest absolute Gasteiger partial charge is 0.480 e. The fourth-order valence-corrected chi connectivity index (χ4v) is 5.58. The van der Waals surface area contributed by atoms with Crippen molar-refractivity contribution >= 4 is 17.8 Å². The fourth-order valence-electron chi connectivity index (χ4n) is 5.58. The molecule has 7 nitrogen and oxygen atoms in total. The fraction of sp³-hybridized carbons (Fsp3) is 0.775. The number of carboxylic acids is 1. The molecule has 47 heavy (non-hydrogen) atoms. The maximum Gasteiger partial charge on any atom is 0.326 e. The molecule has 2 unspecified atom stereocenters. The molecule has 0 radical (unpaired) electrons. The van der Waals surface area contributed by atoms with Gasteiger partial charge in [-0.25, -0.2) is 4.79 Å². The summed E-state index contributed by atoms with van der Waals surface area (Å²) in [6.45, 7) is 4.81. The van der Waals surface area contributed by atoms with Crippen molar-refractivity contribution in [1.29, 1.82) is 0 Å². The predicted molar refractivity (Wildman–Crippen MR) is 197 cm³/mol. The molecule has 0 aliphatic carbocycles. The van der Waals surface area contributed by atoms with Crippen LogP contribution in [0.1, 0.15) is 181 Å². The third-order valence-electron chi connectivity index (χ3n) is 8.47. The minimum atomic E-state index is -1.01. The molecule has 7 heteroatoms. The number of ether oxygens (including phenoxy) is 1. The highest BCUT2D eigenvalue weighted by Crippen LogP contribution is 2.18. The van der Waals surface area contributed by atoms with Gasteiger partial charge in [-0.1, -0.05) is 121 Å². The third-order valence-corrected chi connectivity index (χ3v) is 8.47. The molecule has 272 valence electrons. The van der Waals surface area contributed by atoms with Crippen molar-refractivity contribution in [3.05, 3.63) is 36.5 Å². The summed E-state index contributed by atoms with van der Waals surface area (Å²) in [5.74, 6) is -1.26. The van der Waals surface area contributed by atoms with E-state index in [-0.39, 0.29) is 18.0 Å². The molecular formula is C40H72N2O5. The summed E-state index contributed by atoms with van der Waals surface area (Å²) < 4.78 is 5.99. The van der Waals surface area contributed by atoms with Gasteiger partial charge in [-0.15, -0.1) is 0 Å². The van der Waals surface area contributed by atoms with E-state index >= 15 is 0 Å². The van der Waals surface area contributed by atoms with Gasteiger partial charge in [0.15, 0.2) is 0 Å². The average molecular weight is 661 g/mol. The maximum absolute atomic E-state index is 12.7. The van der Waals surface area contributed by atoms with E-state index in [1.54, 1.807) is 0 Å². The van der Waals surface area contributed by atoms with Crippen molar-refractivity contribution in [1.82, 2.24) is 5.32 Å². The summed E-state index contributed by atoms with van der Waals surface area (Å²) in [5, 5.41) is 11.9. The number of esters is 1. The van der Waals surface area contributed by atoms with E-state index in [1.807, 2.05) is 0 Å². The maximum atomic E-state index is 12.7. The van der Waals surface area contributed by atoms with Crippen LogP contribution in [0.2, 0.25) is 0 Å². The van der Waals surface area contributed by atoms with Gasteiger partial charge in [0.2, 0.25) is 5.91 Å². The number of nitrogens with one attached hydrogen (secondary N) is 1. The number of nitrogens with two attached hydrogens (primary N) is 1. The summed E-state index contributed by atoms with van der Waals surface area (Å²) >= 11 is 0. The second kappa shape index (κ2) is 34.9. The number of carbonyl (C=O) groups is 3. The lowest BCUT2D eigenvalue weighted by molar-refractivity contribution is -0.150. The molecule has 0 aromatic carbocycles. The van der Waals surface area contributed by atoms with Crippen LogP contribution in [0, 0.1) is 0 Å². The Morgan fingerprint density at radius 1 is 0.638 bits per heavy atom. The van der Waals surface area contributed by atoms with Crippen LogP contribution < -0.4 is 11.1 Å². The number of carboxylic acid groups (broad SMARTS) is 1. The van der Waals surface area contributed by atoms with E-state index in [9.17, 15) is 19.5 Å². The number of hydrogen-bond donors (Lipinski definition) is 3. The van der Waals surface area contributed by atoms with Gasteiger partial charge in [0.05, 0.1) is 0 Å². The molecule has 0 saturated heterocycles. The quantitative estimate of drug-likeness (QED) is 0.0359. The van der Waals surface area contributed by atoms with Crippen LogP contribution in [-0.4, -0.2) is 41.6 Å². The minimum Gasteiger partial charge on any atom is -0.480 e. The van der Waals surface area contributed by atoms with Crippen molar-refractivity contribution in [3.63, 3.8) is 0 Å². The first-order chi connectivity index (χ1) is 22.9. The molecular weight excluding hydrogens is 588 g/mol. The van der Waals surface area contributed by atoms with Crippen LogP contribution in [0.3, 0.4) is 0 Å². The summed E-state index contributed by atoms with van der Waals surface area (Å²) in [6, 6.07) is -0.857. The zero-order chi connectivity index (χ0) is 34.6. The zero-order valence-electron chi connectivity index (χ0n) is 30.4. The molecule has 0 spiro atoms. The molecule has 0 rings (SSSR count). The number of amides is 1. The van der Waals surface area contributed by atoms with Gasteiger partial charge >= 0.3 is 11.9 Å². The number of allylic oxidation sites excluding steroid dienone is 6. The molecule has 2 atom stereocenters. The number of aliphatic carboxylic acids is 1. The van der Waals surface area contributed by atoms with E-state index in [4.69, 9.17) is 10.5 Å². The van der Waals surface area contributed by atoms with E-state index in [1.165, 1.54) is 44.9 Å². The van der Waals surface area contributed by atoms with Gasteiger partial charge < -0.3 is 20.9 Å². The van der Waals surface area contributed by atoms with E-state index in [0.717, 1.165) is 96.3 Å². The monoisotopic (exact) mass is 661 g/mol. The zero-order valence-corrected chi connectivity index (χ0v) is 30.4. The highest BCUT2D eigenvalue weighted by molar-refractivity contribution is 5.83. The SMILES string of the molecule is CC/C=C\C/C=C\C/C=C\CCCCCC(=O)OC(CCCCCCCCCC)CCCCCCCC(=O)NC(CCCN)C(=O)O. The van der Waals surface area contributed by atoms with Crippen LogP contribution in [-0.2, 0) is 19.1 Å². The molecule has 0 aliphatic heterocycles. The Hall–Kier alpha value is -2.41. The molecule has 0 aromatic rings. The summed E-state index contributed by atoms with van der Waals surface area (Å²) in [5.41, 5.74) is 5.47. The number of unbranched alkanes of at least 4 members (excludes halogenated alkanes) is 14. The first kappa shape index (κ1) is 44.6. The van der Waals surface area contributed by atoms with Crippen molar-refractivity contribution in [3.8, 4) is 0 Å². The molecule has 0 bridgehead atoms. The Labute approximate surface area is 288 Å². The van der Waals surface area contributed by atoms with Crippen molar-refractivity contribution in [2.24, 2.45) is 5.73 Å². The Balaban J connectivity index is 4.32. The first-order valence-corrected chi connectivity index (χ1v) is 19.3. The van der Waals surface area contributed by atoms with Gasteiger partial charge in [0.1, 0.15) is 12.1 Å². The molecule has 1 amide bonds. The van der Waals surface area contributed by atoms with Gasteiger partial charge in [0.25, 0.3) is 0 Å². The Morgan fingerprint density at radius 3 is 1.77 bits per heavy atom. The molecule has 4 N–H and O–H groups in total. The van der Waals surface area contributed by atoms with Crippen molar-refractivity contribution in [2.75, 3.05) is 6.54 Å². The normalized spacial score (nSPS) is 13.1. The Morgan fingerprint density at radius 2 is 1.17 bits per heavy atom. The van der Waals surface area contributed by atoms with Crippen molar-refractivity contribution in [2.45, 2.75) is 193 Å². The number of carbonyl (C=O) groups excluding carboxylic acids is 2. The lowest BCUT2D eigenvalue weighted by Crippen LogP contribution is -2.40. The van der Waals surface area contributed by atoms with Gasteiger partial charge in [-0.05, 0) is 90.0 Å².